The summed E-state index contributed by atoms with van der Waals surface area (Å²) >= 11 is 0. The molecule has 4 rings (SSSR count). The summed E-state index contributed by atoms with van der Waals surface area (Å²) in [7, 11) is 0. The third-order valence-corrected chi connectivity index (χ3v) is 8.82. The number of hydrogen-bond acceptors (Lipinski definition) is 28. The maximum atomic E-state index is 9.84. The SMILES string of the molecule is OC1OC[C@@H](O)[C@H](O)C1O.OCC1OC(O)C(O)[C@@H](O)[C@@H]1O.OCC1O[C@@H](O[C@H]2OC(CO)[C@@H](O)[C@H](O)C2O)C(O)C(O)[C@H]1O.OC[C@@H](O)[C@@H](O)[C@H](O)[C@H](O)CO. The molecule has 4 aliphatic rings. The molecule has 0 saturated carbocycles. The molecule has 0 aromatic heterocycles. The Morgan fingerprint density at radius 1 is 0.404 bits per heavy atom. The van der Waals surface area contributed by atoms with Crippen molar-refractivity contribution in [2.45, 2.75) is 141 Å². The molecule has 0 radical (unpaired) electrons. The summed E-state index contributed by atoms with van der Waals surface area (Å²) in [6, 6.07) is 0. The van der Waals surface area contributed by atoms with Gasteiger partial charge in [0.1, 0.15) is 116 Å². The third-order valence-electron chi connectivity index (χ3n) is 8.82. The molecule has 4 aliphatic heterocycles. The van der Waals surface area contributed by atoms with Crippen LogP contribution in [0.3, 0.4) is 0 Å². The zero-order valence-electron chi connectivity index (χ0n) is 29.8. The molecular formula is C29H58O28. The fraction of sp³-hybridized carbons (Fsp3) is 1.00. The van der Waals surface area contributed by atoms with E-state index in [1.54, 1.807) is 0 Å². The molecule has 4 saturated heterocycles. The number of aliphatic hydroxyl groups excluding tert-OH is 23. The Hall–Kier alpha value is -1.12. The maximum Gasteiger partial charge on any atom is 0.189 e. The summed E-state index contributed by atoms with van der Waals surface area (Å²) in [5.41, 5.74) is 0. The second kappa shape index (κ2) is 25.6. The van der Waals surface area contributed by atoms with Crippen molar-refractivity contribution in [2.24, 2.45) is 0 Å². The molecule has 0 aromatic rings. The standard InChI is InChI=1S/C12H22O11.C6H12O6.C6H14O6.C5H10O5/c13-1-3-5(15)7(17)9(19)11(21-3)23-12-10(20)8(18)6(16)4(2-14)22-12;7-1-2-3(8)4(9)5(10)6(11)12-2;7-1-3(9)5(11)6(12)4(10)2-8;6-2-1-10-5(9)4(8)3(2)7/h3-20H,1-2H2;2-11H,1H2;3-12H,1-2H2;2-9H,1H2/t3?,4?,5-,6+,7+,8?,9?,10?,11-,12+;2?,3-,4+,5?,6?;3-,4-,5-,6-;2-,3+,4?,5?/m1111/s1. The van der Waals surface area contributed by atoms with Crippen molar-refractivity contribution in [1.82, 2.24) is 0 Å². The fourth-order valence-corrected chi connectivity index (χ4v) is 5.04. The van der Waals surface area contributed by atoms with E-state index >= 15 is 0 Å². The fourth-order valence-electron chi connectivity index (χ4n) is 5.04. The van der Waals surface area contributed by atoms with E-state index in [-0.39, 0.29) is 6.61 Å². The summed E-state index contributed by atoms with van der Waals surface area (Å²) in [4.78, 5) is 0. The van der Waals surface area contributed by atoms with Crippen LogP contribution < -0.4 is 0 Å². The predicted octanol–water partition coefficient (Wildman–Crippen LogP) is -14.8. The summed E-state index contributed by atoms with van der Waals surface area (Å²) in [5.74, 6) is 0. The minimum Gasteiger partial charge on any atom is -0.394 e. The van der Waals surface area contributed by atoms with E-state index in [1.807, 2.05) is 0 Å². The average Bonchev–Trinajstić information content (AvgIpc) is 3.21. The van der Waals surface area contributed by atoms with Gasteiger partial charge in [-0.05, 0) is 0 Å². The van der Waals surface area contributed by atoms with Gasteiger partial charge in [0.15, 0.2) is 25.2 Å². The summed E-state index contributed by atoms with van der Waals surface area (Å²) in [6.07, 6.45) is -34.3. The van der Waals surface area contributed by atoms with E-state index in [0.717, 1.165) is 0 Å². The van der Waals surface area contributed by atoms with E-state index in [1.165, 1.54) is 0 Å². The van der Waals surface area contributed by atoms with E-state index in [0.29, 0.717) is 0 Å². The molecule has 0 aromatic carbocycles. The molecule has 10 unspecified atom stereocenters. The number of hydrogen-bond donors (Lipinski definition) is 23. The minimum atomic E-state index is -1.72. The van der Waals surface area contributed by atoms with E-state index in [2.05, 4.69) is 9.47 Å². The highest BCUT2D eigenvalue weighted by atomic mass is 16.8. The van der Waals surface area contributed by atoms with Crippen LogP contribution in [0, 0.1) is 0 Å². The van der Waals surface area contributed by atoms with Gasteiger partial charge in [0.25, 0.3) is 0 Å². The van der Waals surface area contributed by atoms with E-state index in [9.17, 15) is 30.6 Å². The molecule has 23 N–H and O–H groups in total. The first-order valence-electron chi connectivity index (χ1n) is 17.1. The van der Waals surface area contributed by atoms with Crippen LogP contribution in [-0.2, 0) is 23.7 Å². The van der Waals surface area contributed by atoms with Gasteiger partial charge in [0.2, 0.25) is 0 Å². The van der Waals surface area contributed by atoms with Gasteiger partial charge in [-0.15, -0.1) is 0 Å². The lowest BCUT2D eigenvalue weighted by molar-refractivity contribution is -0.376. The maximum absolute atomic E-state index is 9.84. The Morgan fingerprint density at radius 3 is 1.07 bits per heavy atom. The van der Waals surface area contributed by atoms with Gasteiger partial charge in [0, 0.05) is 0 Å². The molecule has 23 atom stereocenters. The number of aliphatic hydroxyl groups is 23. The Kier molecular flexibility index (Phi) is 24.2. The first kappa shape index (κ1) is 53.9. The van der Waals surface area contributed by atoms with Crippen molar-refractivity contribution in [3.05, 3.63) is 0 Å². The molecule has 0 spiro atoms. The molecule has 57 heavy (non-hydrogen) atoms. The topological polar surface area (TPSA) is 511 Å². The van der Waals surface area contributed by atoms with Gasteiger partial charge in [0.05, 0.1) is 39.6 Å². The van der Waals surface area contributed by atoms with Crippen molar-refractivity contribution in [3.8, 4) is 0 Å². The van der Waals surface area contributed by atoms with Crippen LogP contribution in [-0.4, -0.2) is 298 Å². The molecule has 0 aliphatic carbocycles. The van der Waals surface area contributed by atoms with Crippen molar-refractivity contribution >= 4 is 0 Å². The highest BCUT2D eigenvalue weighted by Crippen LogP contribution is 2.28. The molecule has 342 valence electrons. The van der Waals surface area contributed by atoms with E-state index in [4.69, 9.17) is 101 Å². The van der Waals surface area contributed by atoms with Crippen LogP contribution in [0.4, 0.5) is 0 Å². The van der Waals surface area contributed by atoms with Gasteiger partial charge >= 0.3 is 0 Å². The quantitative estimate of drug-likeness (QED) is 0.0970. The normalized spacial score (nSPS) is 44.4. The minimum absolute atomic E-state index is 0.153. The van der Waals surface area contributed by atoms with Crippen LogP contribution in [0.15, 0.2) is 0 Å². The molecule has 4 heterocycles. The lowest BCUT2D eigenvalue weighted by Crippen LogP contribution is -2.63. The van der Waals surface area contributed by atoms with Gasteiger partial charge in [-0.25, -0.2) is 0 Å². The second-order valence-corrected chi connectivity index (χ2v) is 13.0. The van der Waals surface area contributed by atoms with Crippen molar-refractivity contribution in [1.29, 1.82) is 0 Å². The smallest absolute Gasteiger partial charge is 0.189 e. The Balaban J connectivity index is 0.000000407. The third kappa shape index (κ3) is 14.8. The molecular weight excluding hydrogens is 796 g/mol. The monoisotopic (exact) mass is 854 g/mol. The lowest BCUT2D eigenvalue weighted by atomic mass is 9.98. The van der Waals surface area contributed by atoms with Crippen molar-refractivity contribution in [3.63, 3.8) is 0 Å². The summed E-state index contributed by atoms with van der Waals surface area (Å²) < 4.78 is 24.4. The van der Waals surface area contributed by atoms with Crippen molar-refractivity contribution < 1.29 is 141 Å². The Bertz CT molecular complexity index is 993. The highest BCUT2D eigenvalue weighted by Gasteiger charge is 2.49. The van der Waals surface area contributed by atoms with Crippen LogP contribution in [0.5, 0.6) is 0 Å². The summed E-state index contributed by atoms with van der Waals surface area (Å²) in [6.45, 7) is -3.47. The zero-order chi connectivity index (χ0) is 44.1. The van der Waals surface area contributed by atoms with Crippen LogP contribution in [0.25, 0.3) is 0 Å². The van der Waals surface area contributed by atoms with Crippen LogP contribution in [0.2, 0.25) is 0 Å². The van der Waals surface area contributed by atoms with Gasteiger partial charge in [-0.1, -0.05) is 0 Å². The molecule has 4 fully saturated rings. The van der Waals surface area contributed by atoms with E-state index < -0.39 is 174 Å². The largest absolute Gasteiger partial charge is 0.394 e. The molecule has 0 bridgehead atoms. The van der Waals surface area contributed by atoms with Crippen LogP contribution in [0.1, 0.15) is 0 Å². The van der Waals surface area contributed by atoms with Crippen molar-refractivity contribution in [2.75, 3.05) is 39.6 Å². The predicted molar refractivity (Wildman–Crippen MR) is 173 cm³/mol. The van der Waals surface area contributed by atoms with Gasteiger partial charge in [-0.2, -0.15) is 0 Å². The number of rotatable bonds is 10. The number of ether oxygens (including phenoxy) is 5. The molecule has 0 amide bonds. The zero-order valence-corrected chi connectivity index (χ0v) is 29.8. The highest BCUT2D eigenvalue weighted by molar-refractivity contribution is 4.92. The van der Waals surface area contributed by atoms with Crippen LogP contribution >= 0.6 is 0 Å². The first-order valence-corrected chi connectivity index (χ1v) is 17.1. The van der Waals surface area contributed by atoms with Gasteiger partial charge in [-0.3, -0.25) is 0 Å². The average molecular weight is 855 g/mol. The van der Waals surface area contributed by atoms with Gasteiger partial charge < -0.3 is 141 Å². The summed E-state index contributed by atoms with van der Waals surface area (Å²) in [5, 5.41) is 209. The Morgan fingerprint density at radius 2 is 0.737 bits per heavy atom. The Labute approximate surface area is 322 Å². The first-order chi connectivity index (χ1) is 26.6. The second-order valence-electron chi connectivity index (χ2n) is 13.0. The lowest BCUT2D eigenvalue weighted by Gasteiger charge is -2.44. The molecule has 28 nitrogen and oxygen atoms in total. The molecule has 28 heteroatoms.